The largest absolute Gasteiger partial charge is 0.401 e. The van der Waals surface area contributed by atoms with Gasteiger partial charge in [-0.05, 0) is 51.1 Å². The van der Waals surface area contributed by atoms with E-state index in [1.807, 2.05) is 0 Å². The maximum atomic E-state index is 7.36. The molecular formula is C26H34OSi. The zero-order valence-electron chi connectivity index (χ0n) is 18.0. The van der Waals surface area contributed by atoms with Crippen LogP contribution in [0.5, 0.6) is 0 Å². The van der Waals surface area contributed by atoms with E-state index in [-0.39, 0.29) is 11.1 Å². The van der Waals surface area contributed by atoms with Crippen molar-refractivity contribution in [3.8, 4) is 0 Å². The third-order valence-electron chi connectivity index (χ3n) is 7.43. The van der Waals surface area contributed by atoms with Gasteiger partial charge in [0, 0.05) is 0 Å². The highest BCUT2D eigenvalue weighted by Crippen LogP contribution is 2.66. The number of hydrogen-bond donors (Lipinski definition) is 0. The van der Waals surface area contributed by atoms with Gasteiger partial charge < -0.3 is 4.43 Å². The molecule has 2 aromatic rings. The Balaban J connectivity index is 1.81. The van der Waals surface area contributed by atoms with Gasteiger partial charge in [-0.25, -0.2) is 0 Å². The Morgan fingerprint density at radius 1 is 0.893 bits per heavy atom. The number of rotatable bonds is 4. The molecule has 0 aliphatic heterocycles. The lowest BCUT2D eigenvalue weighted by molar-refractivity contribution is 0.184. The summed E-state index contributed by atoms with van der Waals surface area (Å²) >= 11 is 0. The molecule has 0 N–H and O–H groups in total. The third kappa shape index (κ3) is 3.02. The van der Waals surface area contributed by atoms with E-state index in [4.69, 9.17) is 4.43 Å². The third-order valence-corrected chi connectivity index (χ3v) is 12.5. The van der Waals surface area contributed by atoms with Gasteiger partial charge in [0.2, 0.25) is 0 Å². The molecule has 0 unspecified atom stereocenters. The van der Waals surface area contributed by atoms with Gasteiger partial charge in [0.15, 0.2) is 0 Å². The van der Waals surface area contributed by atoms with Crippen LogP contribution in [0.3, 0.4) is 0 Å². The van der Waals surface area contributed by atoms with Crippen molar-refractivity contribution in [3.05, 3.63) is 72.8 Å². The molecule has 0 aromatic heterocycles. The molecule has 0 saturated heterocycles. The van der Waals surface area contributed by atoms with Crippen molar-refractivity contribution >= 4 is 18.7 Å². The maximum Gasteiger partial charge on any atom is 0.261 e. The smallest absolute Gasteiger partial charge is 0.261 e. The van der Waals surface area contributed by atoms with E-state index in [1.165, 1.54) is 15.9 Å². The van der Waals surface area contributed by atoms with E-state index in [9.17, 15) is 0 Å². The quantitative estimate of drug-likeness (QED) is 0.491. The molecule has 0 heterocycles. The topological polar surface area (TPSA) is 9.23 Å². The normalized spacial score (nSPS) is 26.6. The Bertz CT molecular complexity index is 808. The SMILES string of the molecule is C=C1C[C@@H]2[C@@H](C[C@H]1O[Si](c1ccccc1)(c1ccccc1)C(C)(C)C)C2(C)C. The predicted octanol–water partition coefficient (Wildman–Crippen LogP) is 5.55. The van der Waals surface area contributed by atoms with Gasteiger partial charge in [-0.3, -0.25) is 0 Å². The Morgan fingerprint density at radius 3 is 1.86 bits per heavy atom. The minimum Gasteiger partial charge on any atom is -0.401 e. The molecule has 28 heavy (non-hydrogen) atoms. The van der Waals surface area contributed by atoms with Gasteiger partial charge in [-0.1, -0.05) is 102 Å². The van der Waals surface area contributed by atoms with Crippen LogP contribution in [0.1, 0.15) is 47.5 Å². The monoisotopic (exact) mass is 390 g/mol. The van der Waals surface area contributed by atoms with Crippen molar-refractivity contribution in [1.82, 2.24) is 0 Å². The lowest BCUT2D eigenvalue weighted by Gasteiger charge is -2.46. The molecule has 148 valence electrons. The zero-order chi connectivity index (χ0) is 20.2. The fraction of sp³-hybridized carbons (Fsp3) is 0.462. The summed E-state index contributed by atoms with van der Waals surface area (Å²) < 4.78 is 7.36. The molecule has 1 nitrogen and oxygen atoms in total. The van der Waals surface area contributed by atoms with Crippen LogP contribution in [0.15, 0.2) is 72.8 Å². The van der Waals surface area contributed by atoms with Gasteiger partial charge >= 0.3 is 0 Å². The van der Waals surface area contributed by atoms with E-state index in [0.717, 1.165) is 24.7 Å². The van der Waals surface area contributed by atoms with E-state index in [0.29, 0.717) is 5.41 Å². The molecule has 0 radical (unpaired) electrons. The highest BCUT2D eigenvalue weighted by Gasteiger charge is 2.61. The first-order valence-corrected chi connectivity index (χ1v) is 12.6. The van der Waals surface area contributed by atoms with Crippen LogP contribution in [0.4, 0.5) is 0 Å². The molecule has 0 bridgehead atoms. The average molecular weight is 391 g/mol. The molecule has 2 heteroatoms. The predicted molar refractivity (Wildman–Crippen MR) is 122 cm³/mol. The van der Waals surface area contributed by atoms with Gasteiger partial charge in [0.25, 0.3) is 8.32 Å². The Labute approximate surface area is 172 Å². The molecule has 2 saturated carbocycles. The molecule has 0 amide bonds. The molecule has 4 rings (SSSR count). The molecule has 3 atom stereocenters. The van der Waals surface area contributed by atoms with E-state index in [1.54, 1.807) is 0 Å². The van der Waals surface area contributed by atoms with Crippen molar-refractivity contribution in [2.75, 3.05) is 0 Å². The van der Waals surface area contributed by atoms with Gasteiger partial charge in [0.05, 0.1) is 6.10 Å². The van der Waals surface area contributed by atoms with Crippen LogP contribution >= 0.6 is 0 Å². The Morgan fingerprint density at radius 2 is 1.39 bits per heavy atom. The van der Waals surface area contributed by atoms with Crippen LogP contribution in [0, 0.1) is 17.3 Å². The first kappa shape index (κ1) is 19.7. The summed E-state index contributed by atoms with van der Waals surface area (Å²) in [6.45, 7) is 16.4. The molecule has 2 aromatic carbocycles. The van der Waals surface area contributed by atoms with Crippen LogP contribution < -0.4 is 10.4 Å². The Kier molecular flexibility index (Phi) is 4.71. The number of fused-ring (bicyclic) bond motifs is 1. The van der Waals surface area contributed by atoms with Crippen LogP contribution in [-0.2, 0) is 4.43 Å². The summed E-state index contributed by atoms with van der Waals surface area (Å²) in [4.78, 5) is 0. The lowest BCUT2D eigenvalue weighted by atomic mass is 9.94. The van der Waals surface area contributed by atoms with Gasteiger partial charge in [-0.15, -0.1) is 0 Å². The van der Waals surface area contributed by atoms with Crippen molar-refractivity contribution in [3.63, 3.8) is 0 Å². The first-order chi connectivity index (χ1) is 13.2. The summed E-state index contributed by atoms with van der Waals surface area (Å²) in [5.41, 5.74) is 1.76. The van der Waals surface area contributed by atoms with E-state index < -0.39 is 8.32 Å². The van der Waals surface area contributed by atoms with Crippen molar-refractivity contribution < 1.29 is 4.43 Å². The average Bonchev–Trinajstić information content (AvgIpc) is 3.19. The van der Waals surface area contributed by atoms with Crippen molar-refractivity contribution in [2.45, 2.75) is 58.6 Å². The Hall–Kier alpha value is -1.64. The highest BCUT2D eigenvalue weighted by molar-refractivity contribution is 6.99. The van der Waals surface area contributed by atoms with E-state index in [2.05, 4.69) is 102 Å². The van der Waals surface area contributed by atoms with Crippen molar-refractivity contribution in [1.29, 1.82) is 0 Å². The lowest BCUT2D eigenvalue weighted by Crippen LogP contribution is -2.68. The molecule has 2 fully saturated rings. The van der Waals surface area contributed by atoms with Gasteiger partial charge in [0.1, 0.15) is 0 Å². The summed E-state index contributed by atoms with van der Waals surface area (Å²) in [5, 5.41) is 2.74. The summed E-state index contributed by atoms with van der Waals surface area (Å²) in [6.07, 6.45) is 2.41. The fourth-order valence-corrected chi connectivity index (χ4v) is 10.3. The molecule has 0 spiro atoms. The van der Waals surface area contributed by atoms with Crippen LogP contribution in [0.25, 0.3) is 0 Å². The standard InChI is InChI=1S/C26H34OSi/c1-19-17-22-23(26(22,5)6)18-24(19)27-28(25(2,3)4,20-13-9-7-10-14-20)21-15-11-8-12-16-21/h7-16,22-24H,1,17-18H2,2-6H3/t22-,23-,24-/m1/s1. The minimum atomic E-state index is -2.50. The molecule has 2 aliphatic carbocycles. The number of benzene rings is 2. The minimum absolute atomic E-state index is 0.0197. The second-order valence-corrected chi connectivity index (χ2v) is 14.7. The first-order valence-electron chi connectivity index (χ1n) is 10.6. The number of hydrogen-bond acceptors (Lipinski definition) is 1. The second-order valence-electron chi connectivity index (χ2n) is 10.4. The molecule has 2 aliphatic rings. The summed E-state index contributed by atoms with van der Waals surface area (Å²) in [6, 6.07) is 21.9. The fourth-order valence-electron chi connectivity index (χ4n) is 5.58. The van der Waals surface area contributed by atoms with Gasteiger partial charge in [-0.2, -0.15) is 0 Å². The van der Waals surface area contributed by atoms with Crippen molar-refractivity contribution in [2.24, 2.45) is 17.3 Å². The molecular weight excluding hydrogens is 356 g/mol. The second kappa shape index (κ2) is 6.71. The highest BCUT2D eigenvalue weighted by atomic mass is 28.4. The summed E-state index contributed by atoms with van der Waals surface area (Å²) in [5.74, 6) is 1.58. The summed E-state index contributed by atoms with van der Waals surface area (Å²) in [7, 11) is -2.50. The van der Waals surface area contributed by atoms with E-state index >= 15 is 0 Å². The maximum absolute atomic E-state index is 7.36. The zero-order valence-corrected chi connectivity index (χ0v) is 19.0. The van der Waals surface area contributed by atoms with Crippen LogP contribution in [-0.4, -0.2) is 14.4 Å². The van der Waals surface area contributed by atoms with Crippen LogP contribution in [0.2, 0.25) is 5.04 Å².